The van der Waals surface area contributed by atoms with Gasteiger partial charge < -0.3 is 10.3 Å². The van der Waals surface area contributed by atoms with E-state index < -0.39 is 0 Å². The Morgan fingerprint density at radius 2 is 2.13 bits per heavy atom. The Hall–Kier alpha value is -1.88. The van der Waals surface area contributed by atoms with Crippen LogP contribution in [-0.2, 0) is 11.2 Å². The summed E-state index contributed by atoms with van der Waals surface area (Å²) in [6, 6.07) is 8.43. The lowest BCUT2D eigenvalue weighted by atomic mass is 10.2. The van der Waals surface area contributed by atoms with E-state index in [0.717, 1.165) is 29.8 Å². The molecule has 1 aromatic carbocycles. The maximum absolute atomic E-state index is 12.1. The van der Waals surface area contributed by atoms with E-state index in [1.54, 1.807) is 0 Å². The molecule has 5 heteroatoms. The Kier molecular flexibility index (Phi) is 5.28. The van der Waals surface area contributed by atoms with Gasteiger partial charge in [-0.2, -0.15) is 0 Å². The number of nitrogens with one attached hydrogen (secondary N) is 2. The number of amides is 1. The third kappa shape index (κ3) is 4.10. The molecule has 124 valence electrons. The first-order valence-corrected chi connectivity index (χ1v) is 8.70. The van der Waals surface area contributed by atoms with Gasteiger partial charge in [-0.25, -0.2) is 4.98 Å². The second-order valence-electron chi connectivity index (χ2n) is 6.31. The van der Waals surface area contributed by atoms with Crippen LogP contribution >= 0.6 is 0 Å². The summed E-state index contributed by atoms with van der Waals surface area (Å²) >= 11 is 0. The van der Waals surface area contributed by atoms with Crippen LogP contribution in [0.3, 0.4) is 0 Å². The lowest BCUT2D eigenvalue weighted by molar-refractivity contribution is -0.121. The number of aryl methyl sites for hydroxylation is 1. The van der Waals surface area contributed by atoms with Crippen molar-refractivity contribution in [2.75, 3.05) is 19.6 Å². The highest BCUT2D eigenvalue weighted by molar-refractivity contribution is 5.77. The molecule has 0 aliphatic carbocycles. The predicted molar refractivity (Wildman–Crippen MR) is 92.3 cm³/mol. The van der Waals surface area contributed by atoms with Crippen LogP contribution in [0.2, 0.25) is 0 Å². The van der Waals surface area contributed by atoms with Crippen molar-refractivity contribution in [3.05, 3.63) is 30.1 Å². The maximum atomic E-state index is 12.1. The van der Waals surface area contributed by atoms with Crippen LogP contribution in [0.5, 0.6) is 0 Å². The number of likely N-dealkylation sites (tertiary alicyclic amines) is 1. The fourth-order valence-electron chi connectivity index (χ4n) is 3.31. The molecule has 1 amide bonds. The second kappa shape index (κ2) is 7.59. The first-order valence-electron chi connectivity index (χ1n) is 8.70. The molecule has 1 unspecified atom stereocenters. The van der Waals surface area contributed by atoms with Crippen LogP contribution < -0.4 is 5.32 Å². The fraction of sp³-hybridized carbons (Fsp3) is 0.556. The molecule has 1 aliphatic heterocycles. The molecule has 1 aromatic heterocycles. The van der Waals surface area contributed by atoms with Crippen LogP contribution in [-0.4, -0.2) is 46.5 Å². The summed E-state index contributed by atoms with van der Waals surface area (Å²) in [6.45, 7) is 5.31. The van der Waals surface area contributed by atoms with Crippen LogP contribution in [0.1, 0.15) is 38.4 Å². The van der Waals surface area contributed by atoms with Crippen molar-refractivity contribution >= 4 is 16.9 Å². The SMILES string of the molecule is CCC(CNC(=O)CCc1nc2ccccc2[nH]1)N1CCCC1. The van der Waals surface area contributed by atoms with E-state index in [1.165, 1.54) is 25.9 Å². The molecular weight excluding hydrogens is 288 g/mol. The molecule has 2 heterocycles. The van der Waals surface area contributed by atoms with Gasteiger partial charge in [0.2, 0.25) is 5.91 Å². The summed E-state index contributed by atoms with van der Waals surface area (Å²) in [4.78, 5) is 22.4. The Balaban J connectivity index is 1.45. The molecule has 1 fully saturated rings. The van der Waals surface area contributed by atoms with E-state index in [4.69, 9.17) is 0 Å². The van der Waals surface area contributed by atoms with Crippen LogP contribution in [0.25, 0.3) is 11.0 Å². The van der Waals surface area contributed by atoms with Gasteiger partial charge in [-0.15, -0.1) is 0 Å². The number of benzene rings is 1. The van der Waals surface area contributed by atoms with Gasteiger partial charge in [-0.1, -0.05) is 19.1 Å². The van der Waals surface area contributed by atoms with Gasteiger partial charge >= 0.3 is 0 Å². The lowest BCUT2D eigenvalue weighted by Gasteiger charge is -2.26. The molecule has 0 spiro atoms. The lowest BCUT2D eigenvalue weighted by Crippen LogP contribution is -2.42. The molecule has 5 nitrogen and oxygen atoms in total. The van der Waals surface area contributed by atoms with E-state index in [1.807, 2.05) is 24.3 Å². The normalized spacial score (nSPS) is 16.7. The van der Waals surface area contributed by atoms with Crippen molar-refractivity contribution in [1.82, 2.24) is 20.2 Å². The van der Waals surface area contributed by atoms with E-state index in [2.05, 4.69) is 27.1 Å². The molecule has 0 radical (unpaired) electrons. The number of carbonyl (C=O) groups excluding carboxylic acids is 1. The van der Waals surface area contributed by atoms with Gasteiger partial charge in [-0.05, 0) is 44.5 Å². The average Bonchev–Trinajstić information content (AvgIpc) is 3.22. The number of aromatic nitrogens is 2. The molecule has 2 N–H and O–H groups in total. The number of H-pyrrole nitrogens is 1. The summed E-state index contributed by atoms with van der Waals surface area (Å²) in [5, 5.41) is 3.09. The zero-order valence-corrected chi connectivity index (χ0v) is 13.8. The number of hydrogen-bond acceptors (Lipinski definition) is 3. The van der Waals surface area contributed by atoms with Gasteiger partial charge in [0.15, 0.2) is 0 Å². The van der Waals surface area contributed by atoms with Gasteiger partial charge in [0.1, 0.15) is 5.82 Å². The molecular formula is C18H26N4O. The zero-order chi connectivity index (χ0) is 16.1. The highest BCUT2D eigenvalue weighted by Gasteiger charge is 2.20. The third-order valence-electron chi connectivity index (χ3n) is 4.69. The van der Waals surface area contributed by atoms with Crippen LogP contribution in [0.15, 0.2) is 24.3 Å². The second-order valence-corrected chi connectivity index (χ2v) is 6.31. The maximum Gasteiger partial charge on any atom is 0.220 e. The molecule has 3 rings (SSSR count). The van der Waals surface area contributed by atoms with Crippen molar-refractivity contribution in [3.8, 4) is 0 Å². The van der Waals surface area contributed by atoms with Crippen molar-refractivity contribution in [1.29, 1.82) is 0 Å². The highest BCUT2D eigenvalue weighted by Crippen LogP contribution is 2.14. The summed E-state index contributed by atoms with van der Waals surface area (Å²) in [5.41, 5.74) is 1.99. The van der Waals surface area contributed by atoms with Crippen molar-refractivity contribution in [3.63, 3.8) is 0 Å². The quantitative estimate of drug-likeness (QED) is 0.825. The Morgan fingerprint density at radius 3 is 2.87 bits per heavy atom. The fourth-order valence-corrected chi connectivity index (χ4v) is 3.31. The molecule has 1 atom stereocenters. The number of hydrogen-bond donors (Lipinski definition) is 2. The van der Waals surface area contributed by atoms with E-state index in [0.29, 0.717) is 18.9 Å². The monoisotopic (exact) mass is 314 g/mol. The predicted octanol–water partition coefficient (Wildman–Crippen LogP) is 2.49. The van der Waals surface area contributed by atoms with Crippen molar-refractivity contribution in [2.45, 2.75) is 45.1 Å². The average molecular weight is 314 g/mol. The summed E-state index contributed by atoms with van der Waals surface area (Å²) in [7, 11) is 0. The van der Waals surface area contributed by atoms with Crippen LogP contribution in [0, 0.1) is 0 Å². The molecule has 0 bridgehead atoms. The Labute approximate surface area is 137 Å². The Morgan fingerprint density at radius 1 is 1.35 bits per heavy atom. The molecule has 1 aliphatic rings. The number of carbonyl (C=O) groups is 1. The highest BCUT2D eigenvalue weighted by atomic mass is 16.1. The zero-order valence-electron chi connectivity index (χ0n) is 13.8. The Bertz CT molecular complexity index is 612. The first-order chi connectivity index (χ1) is 11.3. The number of nitrogens with zero attached hydrogens (tertiary/aromatic N) is 2. The standard InChI is InChI=1S/C18H26N4O/c1-2-14(22-11-5-6-12-22)13-19-18(23)10-9-17-20-15-7-3-4-8-16(15)21-17/h3-4,7-8,14H,2,5-6,9-13H2,1H3,(H,19,23)(H,20,21). The van der Waals surface area contributed by atoms with Gasteiger partial charge in [0.25, 0.3) is 0 Å². The molecule has 2 aromatic rings. The van der Waals surface area contributed by atoms with E-state index in [-0.39, 0.29) is 5.91 Å². The minimum absolute atomic E-state index is 0.114. The summed E-state index contributed by atoms with van der Waals surface area (Å²) < 4.78 is 0. The first kappa shape index (κ1) is 16.0. The molecule has 23 heavy (non-hydrogen) atoms. The van der Waals surface area contributed by atoms with Gasteiger partial charge in [-0.3, -0.25) is 9.69 Å². The smallest absolute Gasteiger partial charge is 0.220 e. The third-order valence-corrected chi connectivity index (χ3v) is 4.69. The minimum Gasteiger partial charge on any atom is -0.355 e. The van der Waals surface area contributed by atoms with Crippen molar-refractivity contribution < 1.29 is 4.79 Å². The van der Waals surface area contributed by atoms with Gasteiger partial charge in [0, 0.05) is 25.4 Å². The molecule has 0 saturated carbocycles. The topological polar surface area (TPSA) is 61.0 Å². The van der Waals surface area contributed by atoms with Crippen LogP contribution in [0.4, 0.5) is 0 Å². The number of rotatable bonds is 7. The number of imidazole rings is 1. The summed E-state index contributed by atoms with van der Waals surface area (Å²) in [6.07, 6.45) is 4.80. The van der Waals surface area contributed by atoms with E-state index in [9.17, 15) is 4.79 Å². The minimum atomic E-state index is 0.114. The van der Waals surface area contributed by atoms with Crippen molar-refractivity contribution in [2.24, 2.45) is 0 Å². The number of aromatic amines is 1. The van der Waals surface area contributed by atoms with E-state index >= 15 is 0 Å². The van der Waals surface area contributed by atoms with Gasteiger partial charge in [0.05, 0.1) is 11.0 Å². The molecule has 1 saturated heterocycles. The number of fused-ring (bicyclic) bond motifs is 1. The largest absolute Gasteiger partial charge is 0.355 e. The number of para-hydroxylation sites is 2. The summed E-state index contributed by atoms with van der Waals surface area (Å²) in [5.74, 6) is 0.996.